The van der Waals surface area contributed by atoms with Crippen molar-refractivity contribution in [3.63, 3.8) is 0 Å². The third-order valence-electron chi connectivity index (χ3n) is 2.96. The minimum absolute atomic E-state index is 0.0417. The van der Waals surface area contributed by atoms with E-state index < -0.39 is 0 Å². The second kappa shape index (κ2) is 6.70. The van der Waals surface area contributed by atoms with Crippen LogP contribution in [-0.4, -0.2) is 10.2 Å². The molecule has 4 heteroatoms. The monoisotopic (exact) mass is 321 g/mol. The zero-order chi connectivity index (χ0) is 13.7. The molecule has 0 saturated heterocycles. The maximum atomic E-state index is 9.73. The van der Waals surface area contributed by atoms with Crippen LogP contribution >= 0.6 is 15.9 Å². The molecule has 0 aliphatic carbocycles. The van der Waals surface area contributed by atoms with Crippen LogP contribution in [0.1, 0.15) is 16.7 Å². The Morgan fingerprint density at radius 3 is 2.37 bits per heavy atom. The molecule has 0 aromatic heterocycles. The van der Waals surface area contributed by atoms with Crippen LogP contribution in [0.3, 0.4) is 0 Å². The lowest BCUT2D eigenvalue weighted by atomic mass is 10.1. The van der Waals surface area contributed by atoms with E-state index in [1.807, 2.05) is 30.3 Å². The molecule has 0 unspecified atom stereocenters. The van der Waals surface area contributed by atoms with E-state index in [4.69, 9.17) is 0 Å². The number of hydrogen-bond acceptors (Lipinski definition) is 3. The van der Waals surface area contributed by atoms with Crippen molar-refractivity contribution >= 4 is 15.9 Å². The van der Waals surface area contributed by atoms with E-state index in [-0.39, 0.29) is 12.4 Å². The minimum atomic E-state index is 0.0417. The number of halogens is 1. The summed E-state index contributed by atoms with van der Waals surface area (Å²) in [5.74, 6) is 0.283. The maximum absolute atomic E-state index is 9.73. The third-order valence-corrected chi connectivity index (χ3v) is 3.45. The summed E-state index contributed by atoms with van der Waals surface area (Å²) in [5.41, 5.74) is 2.84. The van der Waals surface area contributed by atoms with E-state index in [9.17, 15) is 10.2 Å². The maximum Gasteiger partial charge on any atom is 0.120 e. The third kappa shape index (κ3) is 3.80. The molecule has 0 spiro atoms. The van der Waals surface area contributed by atoms with E-state index in [1.54, 1.807) is 12.1 Å². The summed E-state index contributed by atoms with van der Waals surface area (Å²) in [7, 11) is 0. The van der Waals surface area contributed by atoms with Gasteiger partial charge in [-0.3, -0.25) is 0 Å². The van der Waals surface area contributed by atoms with Crippen LogP contribution in [-0.2, 0) is 19.7 Å². The van der Waals surface area contributed by atoms with Crippen molar-refractivity contribution in [2.75, 3.05) is 0 Å². The van der Waals surface area contributed by atoms with Crippen LogP contribution in [0.25, 0.3) is 0 Å². The summed E-state index contributed by atoms with van der Waals surface area (Å²) < 4.78 is 0.942. The normalized spacial score (nSPS) is 10.6. The highest BCUT2D eigenvalue weighted by atomic mass is 79.9. The van der Waals surface area contributed by atoms with Gasteiger partial charge in [0.15, 0.2) is 0 Å². The molecule has 3 N–H and O–H groups in total. The Labute approximate surface area is 121 Å². The van der Waals surface area contributed by atoms with Crippen molar-refractivity contribution in [2.24, 2.45) is 0 Å². The lowest BCUT2D eigenvalue weighted by Crippen LogP contribution is -2.14. The standard InChI is InChI=1S/C15H16BrNO2/c16-14-5-6-15(19)13(7-14)9-17-8-11-3-1-2-4-12(11)10-18/h1-7,17-19H,8-10H2. The quantitative estimate of drug-likeness (QED) is 0.793. The van der Waals surface area contributed by atoms with Crippen molar-refractivity contribution in [1.29, 1.82) is 0 Å². The summed E-state index contributed by atoms with van der Waals surface area (Å²) >= 11 is 3.38. The van der Waals surface area contributed by atoms with Crippen LogP contribution in [0.15, 0.2) is 46.9 Å². The van der Waals surface area contributed by atoms with E-state index in [0.717, 1.165) is 21.2 Å². The zero-order valence-corrected chi connectivity index (χ0v) is 12.0. The molecule has 3 nitrogen and oxygen atoms in total. The molecule has 2 aromatic rings. The number of aromatic hydroxyl groups is 1. The lowest BCUT2D eigenvalue weighted by molar-refractivity contribution is 0.280. The second-order valence-electron chi connectivity index (χ2n) is 4.30. The smallest absolute Gasteiger partial charge is 0.120 e. The number of benzene rings is 2. The van der Waals surface area contributed by atoms with Gasteiger partial charge in [0.2, 0.25) is 0 Å². The number of rotatable bonds is 5. The SMILES string of the molecule is OCc1ccccc1CNCc1cc(Br)ccc1O. The fourth-order valence-electron chi connectivity index (χ4n) is 1.91. The van der Waals surface area contributed by atoms with Gasteiger partial charge in [-0.15, -0.1) is 0 Å². The molecule has 0 radical (unpaired) electrons. The first-order valence-corrected chi connectivity index (χ1v) is 6.85. The van der Waals surface area contributed by atoms with E-state index in [0.29, 0.717) is 13.1 Å². The Morgan fingerprint density at radius 1 is 0.947 bits per heavy atom. The number of aliphatic hydroxyl groups is 1. The fourth-order valence-corrected chi connectivity index (χ4v) is 2.32. The molecule has 0 saturated carbocycles. The average Bonchev–Trinajstić information content (AvgIpc) is 2.43. The molecule has 0 aliphatic heterocycles. The first-order valence-electron chi connectivity index (χ1n) is 6.06. The van der Waals surface area contributed by atoms with Gasteiger partial charge in [-0.2, -0.15) is 0 Å². The van der Waals surface area contributed by atoms with Crippen molar-refractivity contribution < 1.29 is 10.2 Å². The molecular formula is C15H16BrNO2. The van der Waals surface area contributed by atoms with Gasteiger partial charge in [0.05, 0.1) is 6.61 Å². The zero-order valence-electron chi connectivity index (χ0n) is 10.4. The van der Waals surface area contributed by atoms with E-state index >= 15 is 0 Å². The van der Waals surface area contributed by atoms with Crippen LogP contribution in [0, 0.1) is 0 Å². The lowest BCUT2D eigenvalue weighted by Gasteiger charge is -2.10. The van der Waals surface area contributed by atoms with Gasteiger partial charge in [-0.05, 0) is 29.3 Å². The van der Waals surface area contributed by atoms with Crippen LogP contribution in [0.2, 0.25) is 0 Å². The second-order valence-corrected chi connectivity index (χ2v) is 5.22. The largest absolute Gasteiger partial charge is 0.508 e. The number of aliphatic hydroxyl groups excluding tert-OH is 1. The summed E-state index contributed by atoms with van der Waals surface area (Å²) in [6, 6.07) is 13.1. The van der Waals surface area contributed by atoms with Crippen molar-refractivity contribution in [3.05, 3.63) is 63.6 Å². The molecule has 2 aromatic carbocycles. The Bertz CT molecular complexity index is 558. The molecule has 2 rings (SSSR count). The highest BCUT2D eigenvalue weighted by Crippen LogP contribution is 2.21. The van der Waals surface area contributed by atoms with Crippen LogP contribution in [0.4, 0.5) is 0 Å². The van der Waals surface area contributed by atoms with Crippen molar-refractivity contribution in [2.45, 2.75) is 19.7 Å². The molecule has 19 heavy (non-hydrogen) atoms. The number of hydrogen-bond donors (Lipinski definition) is 3. The van der Waals surface area contributed by atoms with Crippen LogP contribution < -0.4 is 5.32 Å². The van der Waals surface area contributed by atoms with Gasteiger partial charge >= 0.3 is 0 Å². The van der Waals surface area contributed by atoms with Gasteiger partial charge in [0, 0.05) is 23.1 Å². The summed E-state index contributed by atoms with van der Waals surface area (Å²) in [5, 5.41) is 22.2. The fraction of sp³-hybridized carbons (Fsp3) is 0.200. The summed E-state index contributed by atoms with van der Waals surface area (Å²) in [6.45, 7) is 1.27. The molecule has 0 aliphatic rings. The molecule has 100 valence electrons. The summed E-state index contributed by atoms with van der Waals surface area (Å²) in [4.78, 5) is 0. The van der Waals surface area contributed by atoms with Gasteiger partial charge < -0.3 is 15.5 Å². The predicted molar refractivity (Wildman–Crippen MR) is 78.7 cm³/mol. The molecule has 0 fully saturated rings. The molecule has 0 bridgehead atoms. The average molecular weight is 322 g/mol. The Morgan fingerprint density at radius 2 is 1.63 bits per heavy atom. The number of phenolic OH excluding ortho intramolecular Hbond substituents is 1. The van der Waals surface area contributed by atoms with Gasteiger partial charge in [-0.1, -0.05) is 40.2 Å². The topological polar surface area (TPSA) is 52.5 Å². The highest BCUT2D eigenvalue weighted by Gasteiger charge is 2.03. The van der Waals surface area contributed by atoms with Gasteiger partial charge in [0.1, 0.15) is 5.75 Å². The minimum Gasteiger partial charge on any atom is -0.508 e. The Kier molecular flexibility index (Phi) is 4.96. The summed E-state index contributed by atoms with van der Waals surface area (Å²) in [6.07, 6.45) is 0. The van der Waals surface area contributed by atoms with Gasteiger partial charge in [0.25, 0.3) is 0 Å². The van der Waals surface area contributed by atoms with Gasteiger partial charge in [-0.25, -0.2) is 0 Å². The van der Waals surface area contributed by atoms with E-state index in [1.165, 1.54) is 0 Å². The van der Waals surface area contributed by atoms with Crippen molar-refractivity contribution in [1.82, 2.24) is 5.32 Å². The molecular weight excluding hydrogens is 306 g/mol. The molecule has 0 amide bonds. The first-order chi connectivity index (χ1) is 9.20. The predicted octanol–water partition coefficient (Wildman–Crippen LogP) is 2.94. The molecule has 0 heterocycles. The number of phenols is 1. The molecule has 0 atom stereocenters. The van der Waals surface area contributed by atoms with Crippen molar-refractivity contribution in [3.8, 4) is 5.75 Å². The Balaban J connectivity index is 1.98. The Hall–Kier alpha value is -1.36. The highest BCUT2D eigenvalue weighted by molar-refractivity contribution is 9.10. The van der Waals surface area contributed by atoms with Crippen LogP contribution in [0.5, 0.6) is 5.75 Å². The first kappa shape index (κ1) is 14.1. The van der Waals surface area contributed by atoms with E-state index in [2.05, 4.69) is 21.2 Å². The number of nitrogens with one attached hydrogen (secondary N) is 1.